The maximum absolute atomic E-state index is 11.5. The van der Waals surface area contributed by atoms with E-state index in [1.165, 1.54) is 12.2 Å². The molecule has 0 aromatic heterocycles. The van der Waals surface area contributed by atoms with Crippen LogP contribution < -0.4 is 5.32 Å². The van der Waals surface area contributed by atoms with E-state index >= 15 is 0 Å². The van der Waals surface area contributed by atoms with Gasteiger partial charge in [0.05, 0.1) is 0 Å². The molecule has 3 N–H and O–H groups in total. The second kappa shape index (κ2) is 7.89. The maximum atomic E-state index is 11.5. The van der Waals surface area contributed by atoms with E-state index < -0.39 is 18.0 Å². The van der Waals surface area contributed by atoms with Gasteiger partial charge in [0.2, 0.25) is 5.91 Å². The standard InChI is InChI=1S/C13H13Cl2NO4/c14-9-2-3-10(15)8(7-9)1-4-12(18)16-6-5-11(17)13(19)20/h1-4,7,11,17H,5-6H2,(H,16,18)(H,19,20)/b4-1+/t11-/m0/s1. The van der Waals surface area contributed by atoms with Gasteiger partial charge in [0.25, 0.3) is 0 Å². The molecule has 0 aliphatic carbocycles. The molecule has 0 spiro atoms. The minimum atomic E-state index is -1.48. The highest BCUT2D eigenvalue weighted by molar-refractivity contribution is 6.34. The van der Waals surface area contributed by atoms with Crippen molar-refractivity contribution in [3.63, 3.8) is 0 Å². The van der Waals surface area contributed by atoms with Crippen LogP contribution in [0.3, 0.4) is 0 Å². The van der Waals surface area contributed by atoms with Crippen LogP contribution in [0.2, 0.25) is 10.0 Å². The molecular formula is C13H13Cl2NO4. The van der Waals surface area contributed by atoms with Gasteiger partial charge in [-0.05, 0) is 29.8 Å². The molecule has 0 unspecified atom stereocenters. The van der Waals surface area contributed by atoms with Crippen molar-refractivity contribution in [3.8, 4) is 0 Å². The predicted octanol–water partition coefficient (Wildman–Crippen LogP) is 1.96. The minimum absolute atomic E-state index is 0.0555. The van der Waals surface area contributed by atoms with Crippen LogP contribution in [0, 0.1) is 0 Å². The van der Waals surface area contributed by atoms with E-state index in [-0.39, 0.29) is 13.0 Å². The number of carboxylic acid groups (broad SMARTS) is 1. The molecule has 0 bridgehead atoms. The molecule has 20 heavy (non-hydrogen) atoms. The Morgan fingerprint density at radius 2 is 2.05 bits per heavy atom. The van der Waals surface area contributed by atoms with Crippen molar-refractivity contribution in [2.45, 2.75) is 12.5 Å². The quantitative estimate of drug-likeness (QED) is 0.700. The molecule has 7 heteroatoms. The van der Waals surface area contributed by atoms with Crippen LogP contribution in [-0.2, 0) is 9.59 Å². The average Bonchev–Trinajstić information content (AvgIpc) is 2.39. The van der Waals surface area contributed by atoms with Gasteiger partial charge in [-0.25, -0.2) is 4.79 Å². The number of hydrogen-bond acceptors (Lipinski definition) is 3. The van der Waals surface area contributed by atoms with E-state index in [2.05, 4.69) is 5.32 Å². The molecule has 1 rings (SSSR count). The fourth-order valence-electron chi connectivity index (χ4n) is 1.32. The largest absolute Gasteiger partial charge is 0.479 e. The number of carbonyl (C=O) groups excluding carboxylic acids is 1. The Kier molecular flexibility index (Phi) is 6.51. The lowest BCUT2D eigenvalue weighted by atomic mass is 10.2. The summed E-state index contributed by atoms with van der Waals surface area (Å²) in [6.07, 6.45) is 1.20. The Morgan fingerprint density at radius 1 is 1.35 bits per heavy atom. The summed E-state index contributed by atoms with van der Waals surface area (Å²) in [6, 6.07) is 4.86. The van der Waals surface area contributed by atoms with Crippen LogP contribution in [-0.4, -0.2) is 34.7 Å². The number of aliphatic hydroxyl groups is 1. The number of carboxylic acids is 1. The number of benzene rings is 1. The second-order valence-corrected chi connectivity index (χ2v) is 4.78. The van der Waals surface area contributed by atoms with Gasteiger partial charge in [-0.15, -0.1) is 0 Å². The molecule has 108 valence electrons. The molecule has 1 aromatic rings. The minimum Gasteiger partial charge on any atom is -0.479 e. The molecule has 0 aliphatic heterocycles. The highest BCUT2D eigenvalue weighted by Gasteiger charge is 2.12. The van der Waals surface area contributed by atoms with Gasteiger partial charge in [0.1, 0.15) is 0 Å². The van der Waals surface area contributed by atoms with E-state index in [0.717, 1.165) is 0 Å². The fourth-order valence-corrected chi connectivity index (χ4v) is 1.68. The van der Waals surface area contributed by atoms with Crippen LogP contribution in [0.1, 0.15) is 12.0 Å². The number of aliphatic hydroxyl groups excluding tert-OH is 1. The summed E-state index contributed by atoms with van der Waals surface area (Å²) in [5.74, 6) is -1.74. The predicted molar refractivity (Wildman–Crippen MR) is 76.8 cm³/mol. The molecule has 0 heterocycles. The highest BCUT2D eigenvalue weighted by Crippen LogP contribution is 2.21. The summed E-state index contributed by atoms with van der Waals surface area (Å²) in [4.78, 5) is 21.8. The number of aliphatic carboxylic acids is 1. The molecule has 1 atom stereocenters. The van der Waals surface area contributed by atoms with Gasteiger partial charge < -0.3 is 15.5 Å². The Labute approximate surface area is 125 Å². The number of amides is 1. The van der Waals surface area contributed by atoms with E-state index in [4.69, 9.17) is 33.4 Å². The number of carbonyl (C=O) groups is 2. The first-order valence-corrected chi connectivity index (χ1v) is 6.47. The summed E-state index contributed by atoms with van der Waals surface area (Å²) in [5.41, 5.74) is 0.597. The van der Waals surface area contributed by atoms with Crippen molar-refractivity contribution < 1.29 is 19.8 Å². The highest BCUT2D eigenvalue weighted by atomic mass is 35.5. The zero-order chi connectivity index (χ0) is 15.1. The van der Waals surface area contributed by atoms with E-state index in [0.29, 0.717) is 15.6 Å². The van der Waals surface area contributed by atoms with Gasteiger partial charge in [-0.3, -0.25) is 4.79 Å². The second-order valence-electron chi connectivity index (χ2n) is 3.93. The number of rotatable bonds is 6. The first kappa shape index (κ1) is 16.5. The zero-order valence-corrected chi connectivity index (χ0v) is 11.9. The van der Waals surface area contributed by atoms with Crippen molar-refractivity contribution in [3.05, 3.63) is 39.9 Å². The van der Waals surface area contributed by atoms with E-state index in [1.807, 2.05) is 0 Å². The van der Waals surface area contributed by atoms with Crippen molar-refractivity contribution in [1.29, 1.82) is 0 Å². The van der Waals surface area contributed by atoms with Crippen molar-refractivity contribution in [2.24, 2.45) is 0 Å². The fraction of sp³-hybridized carbons (Fsp3) is 0.231. The SMILES string of the molecule is O=C(/C=C/c1cc(Cl)ccc1Cl)NCC[C@H](O)C(=O)O. The third-order valence-electron chi connectivity index (χ3n) is 2.37. The Balaban J connectivity index is 2.48. The van der Waals surface area contributed by atoms with Crippen LogP contribution in [0.25, 0.3) is 6.08 Å². The number of nitrogens with one attached hydrogen (secondary N) is 1. The summed E-state index contributed by atoms with van der Waals surface area (Å²) >= 11 is 11.7. The average molecular weight is 318 g/mol. The van der Waals surface area contributed by atoms with Gasteiger partial charge in [0.15, 0.2) is 6.10 Å². The summed E-state index contributed by atoms with van der Waals surface area (Å²) in [7, 11) is 0. The number of halogens is 2. The lowest BCUT2D eigenvalue weighted by Gasteiger charge is -2.05. The summed E-state index contributed by atoms with van der Waals surface area (Å²) in [5, 5.41) is 20.9. The van der Waals surface area contributed by atoms with E-state index in [9.17, 15) is 9.59 Å². The molecular weight excluding hydrogens is 305 g/mol. The van der Waals surface area contributed by atoms with Gasteiger partial charge in [0, 0.05) is 29.1 Å². The Bertz CT molecular complexity index is 531. The first-order valence-electron chi connectivity index (χ1n) is 5.72. The molecule has 1 aromatic carbocycles. The molecule has 0 aliphatic rings. The van der Waals surface area contributed by atoms with Crippen molar-refractivity contribution >= 4 is 41.2 Å². The van der Waals surface area contributed by atoms with Crippen LogP contribution in [0.5, 0.6) is 0 Å². The third-order valence-corrected chi connectivity index (χ3v) is 2.95. The summed E-state index contributed by atoms with van der Waals surface area (Å²) in [6.45, 7) is 0.0555. The van der Waals surface area contributed by atoms with Crippen molar-refractivity contribution in [2.75, 3.05) is 6.54 Å². The topological polar surface area (TPSA) is 86.6 Å². The molecule has 5 nitrogen and oxygen atoms in total. The monoisotopic (exact) mass is 317 g/mol. The first-order chi connectivity index (χ1) is 9.40. The van der Waals surface area contributed by atoms with Crippen molar-refractivity contribution in [1.82, 2.24) is 5.32 Å². The normalized spacial score (nSPS) is 12.3. The van der Waals surface area contributed by atoms with Crippen LogP contribution in [0.15, 0.2) is 24.3 Å². The Morgan fingerprint density at radius 3 is 2.70 bits per heavy atom. The van der Waals surface area contributed by atoms with E-state index in [1.54, 1.807) is 18.2 Å². The molecule has 0 radical (unpaired) electrons. The van der Waals surface area contributed by atoms with Gasteiger partial charge in [-0.2, -0.15) is 0 Å². The van der Waals surface area contributed by atoms with Crippen LogP contribution in [0.4, 0.5) is 0 Å². The summed E-state index contributed by atoms with van der Waals surface area (Å²) < 4.78 is 0. The Hall–Kier alpha value is -1.56. The maximum Gasteiger partial charge on any atom is 0.332 e. The third kappa shape index (κ3) is 5.61. The number of hydrogen-bond donors (Lipinski definition) is 3. The van der Waals surface area contributed by atoms with Gasteiger partial charge in [-0.1, -0.05) is 23.2 Å². The smallest absolute Gasteiger partial charge is 0.332 e. The molecule has 0 saturated heterocycles. The van der Waals surface area contributed by atoms with Crippen LogP contribution >= 0.6 is 23.2 Å². The lowest BCUT2D eigenvalue weighted by Crippen LogP contribution is -2.28. The zero-order valence-electron chi connectivity index (χ0n) is 10.3. The van der Waals surface area contributed by atoms with Gasteiger partial charge >= 0.3 is 5.97 Å². The molecule has 0 fully saturated rings. The lowest BCUT2D eigenvalue weighted by molar-refractivity contribution is -0.147. The molecule has 1 amide bonds. The molecule has 0 saturated carbocycles.